The number of hydrogen-bond acceptors (Lipinski definition) is 1. The first kappa shape index (κ1) is 9.75. The second-order valence-electron chi connectivity index (χ2n) is 2.86. The summed E-state index contributed by atoms with van der Waals surface area (Å²) in [7, 11) is 0. The van der Waals surface area contributed by atoms with Gasteiger partial charge in [0, 0.05) is 0 Å². The fraction of sp³-hybridized carbons (Fsp3) is 0.167. The minimum Gasteiger partial charge on any atom is -0.389 e. The summed E-state index contributed by atoms with van der Waals surface area (Å²) in [4.78, 5) is 0. The lowest BCUT2D eigenvalue weighted by molar-refractivity contribution is 0.228. The average Bonchev–Trinajstić information content (AvgIpc) is 2.17. The fourth-order valence-electron chi connectivity index (χ4n) is 1.04. The first-order valence-corrected chi connectivity index (χ1v) is 4.35. The van der Waals surface area contributed by atoms with E-state index in [0.29, 0.717) is 6.42 Å². The number of aliphatic hydroxyl groups is 1. The maximum Gasteiger partial charge on any atom is 0.0758 e. The molecule has 1 N–H and O–H groups in total. The maximum atomic E-state index is 9.35. The van der Waals surface area contributed by atoms with Crippen LogP contribution >= 0.6 is 0 Å². The smallest absolute Gasteiger partial charge is 0.0758 e. The zero-order chi connectivity index (χ0) is 9.52. The number of hydrogen-bond donors (Lipinski definition) is 1. The van der Waals surface area contributed by atoms with Gasteiger partial charge in [0.1, 0.15) is 0 Å². The Hall–Kier alpha value is -1.34. The molecule has 0 unspecified atom stereocenters. The quantitative estimate of drug-likeness (QED) is 0.696. The number of benzene rings is 1. The molecule has 0 saturated heterocycles. The van der Waals surface area contributed by atoms with Gasteiger partial charge in [-0.25, -0.2) is 0 Å². The minimum atomic E-state index is -0.419. The number of aliphatic hydroxyl groups excluding tert-OH is 1. The van der Waals surface area contributed by atoms with Gasteiger partial charge in [0.05, 0.1) is 6.10 Å². The minimum absolute atomic E-state index is 0.419. The standard InChI is InChI=1S/C12H14O/c1-2-6-12(13)10-9-11-7-4-3-5-8-11/h2-5,7-10,12-13H,1,6H2/t12-/m0/s1. The highest BCUT2D eigenvalue weighted by Crippen LogP contribution is 2.03. The zero-order valence-corrected chi connectivity index (χ0v) is 7.56. The molecule has 0 aliphatic carbocycles. The van der Waals surface area contributed by atoms with Crippen molar-refractivity contribution in [2.24, 2.45) is 0 Å². The molecule has 0 bridgehead atoms. The molecule has 0 heterocycles. The van der Waals surface area contributed by atoms with Crippen molar-refractivity contribution in [1.29, 1.82) is 0 Å². The van der Waals surface area contributed by atoms with Crippen LogP contribution in [0.2, 0.25) is 0 Å². The summed E-state index contributed by atoms with van der Waals surface area (Å²) in [6.07, 6.45) is 5.58. The SMILES string of the molecule is C=CC[C@H](O)C=Cc1ccccc1. The zero-order valence-electron chi connectivity index (χ0n) is 7.56. The van der Waals surface area contributed by atoms with Crippen LogP contribution < -0.4 is 0 Å². The molecule has 68 valence electrons. The summed E-state index contributed by atoms with van der Waals surface area (Å²) in [6.45, 7) is 3.56. The molecule has 1 aromatic carbocycles. The lowest BCUT2D eigenvalue weighted by Gasteiger charge is -1.99. The van der Waals surface area contributed by atoms with Crippen molar-refractivity contribution in [1.82, 2.24) is 0 Å². The Morgan fingerprint density at radius 3 is 2.62 bits per heavy atom. The van der Waals surface area contributed by atoms with Crippen molar-refractivity contribution in [3.8, 4) is 0 Å². The summed E-state index contributed by atoms with van der Waals surface area (Å²) in [5, 5.41) is 9.35. The molecule has 1 aromatic rings. The van der Waals surface area contributed by atoms with Crippen molar-refractivity contribution in [2.75, 3.05) is 0 Å². The second-order valence-corrected chi connectivity index (χ2v) is 2.86. The van der Waals surface area contributed by atoms with E-state index in [4.69, 9.17) is 0 Å². The monoisotopic (exact) mass is 174 g/mol. The van der Waals surface area contributed by atoms with Crippen LogP contribution in [-0.2, 0) is 0 Å². The average molecular weight is 174 g/mol. The fourth-order valence-corrected chi connectivity index (χ4v) is 1.04. The van der Waals surface area contributed by atoms with Crippen LogP contribution in [0.1, 0.15) is 12.0 Å². The molecule has 0 aliphatic heterocycles. The highest BCUT2D eigenvalue weighted by atomic mass is 16.3. The third-order valence-corrected chi connectivity index (χ3v) is 1.72. The molecule has 0 saturated carbocycles. The summed E-state index contributed by atoms with van der Waals surface area (Å²) in [5.74, 6) is 0. The molecule has 0 radical (unpaired) electrons. The van der Waals surface area contributed by atoms with Gasteiger partial charge in [0.25, 0.3) is 0 Å². The summed E-state index contributed by atoms with van der Waals surface area (Å²) < 4.78 is 0. The highest BCUT2D eigenvalue weighted by Gasteiger charge is 1.93. The van der Waals surface area contributed by atoms with E-state index in [0.717, 1.165) is 5.56 Å². The van der Waals surface area contributed by atoms with Gasteiger partial charge in [-0.2, -0.15) is 0 Å². The molecule has 0 amide bonds. The Labute approximate surface area is 79.0 Å². The Bertz CT molecular complexity index is 274. The Morgan fingerprint density at radius 2 is 2.00 bits per heavy atom. The second kappa shape index (κ2) is 5.33. The maximum absolute atomic E-state index is 9.35. The Balaban J connectivity index is 2.53. The van der Waals surface area contributed by atoms with Crippen LogP contribution in [0.3, 0.4) is 0 Å². The normalized spacial score (nSPS) is 13.0. The van der Waals surface area contributed by atoms with Crippen molar-refractivity contribution < 1.29 is 5.11 Å². The first-order chi connectivity index (χ1) is 6.33. The van der Waals surface area contributed by atoms with Gasteiger partial charge in [-0.05, 0) is 12.0 Å². The van der Waals surface area contributed by atoms with E-state index in [2.05, 4.69) is 6.58 Å². The molecular weight excluding hydrogens is 160 g/mol. The van der Waals surface area contributed by atoms with E-state index >= 15 is 0 Å². The molecule has 0 spiro atoms. The molecular formula is C12H14O. The van der Waals surface area contributed by atoms with E-state index in [1.165, 1.54) is 0 Å². The Morgan fingerprint density at radius 1 is 1.31 bits per heavy atom. The van der Waals surface area contributed by atoms with Gasteiger partial charge in [-0.3, -0.25) is 0 Å². The van der Waals surface area contributed by atoms with E-state index in [9.17, 15) is 5.11 Å². The van der Waals surface area contributed by atoms with Crippen molar-refractivity contribution >= 4 is 6.08 Å². The van der Waals surface area contributed by atoms with Gasteiger partial charge < -0.3 is 5.11 Å². The van der Waals surface area contributed by atoms with Crippen LogP contribution in [0.4, 0.5) is 0 Å². The van der Waals surface area contributed by atoms with Gasteiger partial charge >= 0.3 is 0 Å². The highest BCUT2D eigenvalue weighted by molar-refractivity contribution is 5.49. The van der Waals surface area contributed by atoms with E-state index in [-0.39, 0.29) is 0 Å². The van der Waals surface area contributed by atoms with Crippen molar-refractivity contribution in [2.45, 2.75) is 12.5 Å². The third-order valence-electron chi connectivity index (χ3n) is 1.72. The van der Waals surface area contributed by atoms with Crippen LogP contribution in [0.15, 0.2) is 49.1 Å². The van der Waals surface area contributed by atoms with Crippen LogP contribution in [0.25, 0.3) is 6.08 Å². The van der Waals surface area contributed by atoms with E-state index in [1.807, 2.05) is 36.4 Å². The first-order valence-electron chi connectivity index (χ1n) is 4.35. The molecule has 1 rings (SSSR count). The lowest BCUT2D eigenvalue weighted by atomic mass is 10.1. The molecule has 0 fully saturated rings. The van der Waals surface area contributed by atoms with Crippen molar-refractivity contribution in [3.05, 3.63) is 54.6 Å². The molecule has 0 aromatic heterocycles. The van der Waals surface area contributed by atoms with Gasteiger partial charge in [-0.15, -0.1) is 6.58 Å². The molecule has 1 atom stereocenters. The number of rotatable bonds is 4. The summed E-state index contributed by atoms with van der Waals surface area (Å²) in [6, 6.07) is 9.91. The molecule has 1 nitrogen and oxygen atoms in total. The molecule has 0 aliphatic rings. The van der Waals surface area contributed by atoms with Crippen molar-refractivity contribution in [3.63, 3.8) is 0 Å². The van der Waals surface area contributed by atoms with Gasteiger partial charge in [-0.1, -0.05) is 48.6 Å². The third kappa shape index (κ3) is 3.72. The Kier molecular flexibility index (Phi) is 4.00. The predicted octanol–water partition coefficient (Wildman–Crippen LogP) is 2.64. The topological polar surface area (TPSA) is 20.2 Å². The molecule has 1 heteroatoms. The summed E-state index contributed by atoms with van der Waals surface area (Å²) >= 11 is 0. The lowest BCUT2D eigenvalue weighted by Crippen LogP contribution is -1.98. The largest absolute Gasteiger partial charge is 0.389 e. The molecule has 13 heavy (non-hydrogen) atoms. The van der Waals surface area contributed by atoms with Crippen LogP contribution in [-0.4, -0.2) is 11.2 Å². The van der Waals surface area contributed by atoms with E-state index in [1.54, 1.807) is 12.2 Å². The predicted molar refractivity (Wildman–Crippen MR) is 56.3 cm³/mol. The van der Waals surface area contributed by atoms with Gasteiger partial charge in [0.15, 0.2) is 0 Å². The van der Waals surface area contributed by atoms with Crippen LogP contribution in [0, 0.1) is 0 Å². The van der Waals surface area contributed by atoms with Gasteiger partial charge in [0.2, 0.25) is 0 Å². The van der Waals surface area contributed by atoms with Crippen LogP contribution in [0.5, 0.6) is 0 Å². The summed E-state index contributed by atoms with van der Waals surface area (Å²) in [5.41, 5.74) is 1.10. The van der Waals surface area contributed by atoms with E-state index < -0.39 is 6.10 Å².